The topological polar surface area (TPSA) is 43.4 Å². The van der Waals surface area contributed by atoms with E-state index in [1.807, 2.05) is 6.92 Å². The summed E-state index contributed by atoms with van der Waals surface area (Å²) in [6.07, 6.45) is 0. The molecule has 0 aliphatic heterocycles. The molecule has 1 aromatic rings. The highest BCUT2D eigenvalue weighted by Gasteiger charge is 2.12. The molecule has 0 bridgehead atoms. The lowest BCUT2D eigenvalue weighted by Crippen LogP contribution is -2.04. The molecule has 0 aliphatic carbocycles. The maximum Gasteiger partial charge on any atom is 0.178 e. The van der Waals surface area contributed by atoms with E-state index in [1.54, 1.807) is 32.2 Å². The smallest absolute Gasteiger partial charge is 0.178 e. The van der Waals surface area contributed by atoms with Crippen LogP contribution in [0.2, 0.25) is 0 Å². The maximum atomic E-state index is 11.5. The van der Waals surface area contributed by atoms with Crippen LogP contribution in [-0.4, -0.2) is 21.3 Å². The van der Waals surface area contributed by atoms with Crippen molar-refractivity contribution in [3.05, 3.63) is 23.8 Å². The third-order valence-corrected chi connectivity index (χ3v) is 3.84. The Morgan fingerprint density at radius 2 is 2.00 bits per heavy atom. The largest absolute Gasteiger partial charge is 0.496 e. The van der Waals surface area contributed by atoms with E-state index in [0.29, 0.717) is 10.6 Å². The Kier molecular flexibility index (Phi) is 3.16. The van der Waals surface area contributed by atoms with Crippen LogP contribution in [0, 0.1) is 6.92 Å². The molecule has 0 atom stereocenters. The van der Waals surface area contributed by atoms with Gasteiger partial charge in [0, 0.05) is 0 Å². The van der Waals surface area contributed by atoms with Crippen LogP contribution >= 0.6 is 0 Å². The normalized spacial score (nSPS) is 11.4. The van der Waals surface area contributed by atoms with Crippen molar-refractivity contribution in [3.8, 4) is 5.75 Å². The predicted octanol–water partition coefficient (Wildman–Crippen LogP) is 1.80. The van der Waals surface area contributed by atoms with Gasteiger partial charge in [-0.2, -0.15) is 0 Å². The first-order valence-electron chi connectivity index (χ1n) is 4.38. The lowest BCUT2D eigenvalue weighted by atomic mass is 10.2. The van der Waals surface area contributed by atoms with Crippen LogP contribution in [0.1, 0.15) is 12.5 Å². The van der Waals surface area contributed by atoms with Crippen molar-refractivity contribution >= 4 is 9.84 Å². The minimum Gasteiger partial charge on any atom is -0.496 e. The van der Waals surface area contributed by atoms with Gasteiger partial charge in [-0.05, 0) is 30.7 Å². The number of aryl methyl sites for hydroxylation is 1. The molecule has 0 unspecified atom stereocenters. The minimum absolute atomic E-state index is 0.124. The SMILES string of the molecule is CCS(=O)(=O)c1ccc(OC)c(C)c1. The van der Waals surface area contributed by atoms with Gasteiger partial charge in [-0.15, -0.1) is 0 Å². The number of benzene rings is 1. The number of sulfone groups is 1. The molecule has 1 rings (SSSR count). The summed E-state index contributed by atoms with van der Waals surface area (Å²) in [5, 5.41) is 0. The van der Waals surface area contributed by atoms with Crippen molar-refractivity contribution in [1.29, 1.82) is 0 Å². The van der Waals surface area contributed by atoms with Gasteiger partial charge in [0.2, 0.25) is 0 Å². The molecule has 0 fully saturated rings. The number of hydrogen-bond donors (Lipinski definition) is 0. The first kappa shape index (κ1) is 11.0. The van der Waals surface area contributed by atoms with Crippen LogP contribution in [0.15, 0.2) is 23.1 Å². The zero-order valence-electron chi connectivity index (χ0n) is 8.57. The number of ether oxygens (including phenoxy) is 1. The third-order valence-electron chi connectivity index (χ3n) is 2.11. The van der Waals surface area contributed by atoms with Gasteiger partial charge in [0.15, 0.2) is 9.84 Å². The van der Waals surface area contributed by atoms with E-state index in [2.05, 4.69) is 0 Å². The van der Waals surface area contributed by atoms with Gasteiger partial charge in [-0.1, -0.05) is 6.92 Å². The molecule has 0 amide bonds. The van der Waals surface area contributed by atoms with Crippen LogP contribution in [0.3, 0.4) is 0 Å². The summed E-state index contributed by atoms with van der Waals surface area (Å²) < 4.78 is 28.1. The minimum atomic E-state index is -3.10. The van der Waals surface area contributed by atoms with Gasteiger partial charge in [-0.3, -0.25) is 0 Å². The second-order valence-electron chi connectivity index (χ2n) is 3.03. The molecule has 0 saturated heterocycles. The Labute approximate surface area is 84.6 Å². The fourth-order valence-electron chi connectivity index (χ4n) is 1.21. The van der Waals surface area contributed by atoms with E-state index in [1.165, 1.54) is 0 Å². The lowest BCUT2D eigenvalue weighted by molar-refractivity contribution is 0.411. The molecule has 3 nitrogen and oxygen atoms in total. The molecule has 0 N–H and O–H groups in total. The van der Waals surface area contributed by atoms with E-state index in [0.717, 1.165) is 5.56 Å². The second-order valence-corrected chi connectivity index (χ2v) is 5.31. The average Bonchev–Trinajstić information content (AvgIpc) is 2.17. The number of hydrogen-bond acceptors (Lipinski definition) is 3. The summed E-state index contributed by atoms with van der Waals surface area (Å²) in [4.78, 5) is 0.360. The zero-order valence-corrected chi connectivity index (χ0v) is 9.39. The summed E-state index contributed by atoms with van der Waals surface area (Å²) >= 11 is 0. The molecule has 0 aliphatic rings. The summed E-state index contributed by atoms with van der Waals surface area (Å²) in [6, 6.07) is 4.89. The van der Waals surface area contributed by atoms with Crippen LogP contribution in [-0.2, 0) is 9.84 Å². The summed E-state index contributed by atoms with van der Waals surface area (Å²) in [7, 11) is -1.54. The first-order chi connectivity index (χ1) is 6.51. The molecule has 4 heteroatoms. The Hall–Kier alpha value is -1.03. The molecule has 14 heavy (non-hydrogen) atoms. The maximum absolute atomic E-state index is 11.5. The molecule has 0 heterocycles. The molecule has 1 aromatic carbocycles. The molecule has 78 valence electrons. The van der Waals surface area contributed by atoms with Crippen molar-refractivity contribution < 1.29 is 13.2 Å². The van der Waals surface area contributed by atoms with Crippen molar-refractivity contribution in [2.75, 3.05) is 12.9 Å². The Balaban J connectivity index is 3.22. The molecule has 0 spiro atoms. The van der Waals surface area contributed by atoms with Crippen molar-refractivity contribution in [1.82, 2.24) is 0 Å². The Morgan fingerprint density at radius 3 is 2.43 bits per heavy atom. The third kappa shape index (κ3) is 2.07. The van der Waals surface area contributed by atoms with Gasteiger partial charge in [0.1, 0.15) is 5.75 Å². The molecule has 0 radical (unpaired) electrons. The Bertz CT molecular complexity index is 421. The van der Waals surface area contributed by atoms with E-state index < -0.39 is 9.84 Å². The standard InChI is InChI=1S/C10H14O3S/c1-4-14(11,12)9-5-6-10(13-3)8(2)7-9/h5-7H,4H2,1-3H3. The van der Waals surface area contributed by atoms with Crippen LogP contribution < -0.4 is 4.74 Å². The van der Waals surface area contributed by atoms with Crippen LogP contribution in [0.4, 0.5) is 0 Å². The molecular weight excluding hydrogens is 200 g/mol. The summed E-state index contributed by atoms with van der Waals surface area (Å²) in [5.74, 6) is 0.832. The van der Waals surface area contributed by atoms with Gasteiger partial charge in [0.05, 0.1) is 17.8 Å². The van der Waals surface area contributed by atoms with Crippen molar-refractivity contribution in [3.63, 3.8) is 0 Å². The monoisotopic (exact) mass is 214 g/mol. The van der Waals surface area contributed by atoms with E-state index in [4.69, 9.17) is 4.74 Å². The fraction of sp³-hybridized carbons (Fsp3) is 0.400. The van der Waals surface area contributed by atoms with Gasteiger partial charge < -0.3 is 4.74 Å². The van der Waals surface area contributed by atoms with Gasteiger partial charge in [-0.25, -0.2) is 8.42 Å². The van der Waals surface area contributed by atoms with Gasteiger partial charge >= 0.3 is 0 Å². The summed E-state index contributed by atoms with van der Waals surface area (Å²) in [5.41, 5.74) is 0.835. The van der Waals surface area contributed by atoms with Crippen LogP contribution in [0.25, 0.3) is 0 Å². The van der Waals surface area contributed by atoms with E-state index >= 15 is 0 Å². The molecular formula is C10H14O3S. The zero-order chi connectivity index (χ0) is 10.8. The average molecular weight is 214 g/mol. The highest BCUT2D eigenvalue weighted by atomic mass is 32.2. The van der Waals surface area contributed by atoms with E-state index in [9.17, 15) is 8.42 Å². The highest BCUT2D eigenvalue weighted by Crippen LogP contribution is 2.21. The quantitative estimate of drug-likeness (QED) is 0.770. The number of methoxy groups -OCH3 is 1. The molecule has 0 saturated carbocycles. The van der Waals surface area contributed by atoms with Gasteiger partial charge in [0.25, 0.3) is 0 Å². The Morgan fingerprint density at radius 1 is 1.36 bits per heavy atom. The second kappa shape index (κ2) is 4.00. The van der Waals surface area contributed by atoms with E-state index in [-0.39, 0.29) is 5.75 Å². The summed E-state index contributed by atoms with van der Waals surface area (Å²) in [6.45, 7) is 3.46. The van der Waals surface area contributed by atoms with Crippen LogP contribution in [0.5, 0.6) is 5.75 Å². The predicted molar refractivity (Wildman–Crippen MR) is 55.5 cm³/mol. The highest BCUT2D eigenvalue weighted by molar-refractivity contribution is 7.91. The molecule has 0 aromatic heterocycles. The fourth-order valence-corrected chi connectivity index (χ4v) is 2.18. The van der Waals surface area contributed by atoms with Crippen molar-refractivity contribution in [2.24, 2.45) is 0 Å². The van der Waals surface area contributed by atoms with Crippen molar-refractivity contribution in [2.45, 2.75) is 18.7 Å². The first-order valence-corrected chi connectivity index (χ1v) is 6.04. The number of rotatable bonds is 3. The lowest BCUT2D eigenvalue weighted by Gasteiger charge is -2.06.